The van der Waals surface area contributed by atoms with Crippen molar-refractivity contribution >= 4 is 27.5 Å². The molecule has 0 spiro atoms. The third-order valence-electron chi connectivity index (χ3n) is 7.39. The number of anilines is 1. The van der Waals surface area contributed by atoms with E-state index in [2.05, 4.69) is 5.32 Å². The van der Waals surface area contributed by atoms with Gasteiger partial charge in [-0.3, -0.25) is 13.9 Å². The van der Waals surface area contributed by atoms with Gasteiger partial charge in [-0.25, -0.2) is 8.42 Å². The van der Waals surface area contributed by atoms with Gasteiger partial charge in [0.25, 0.3) is 0 Å². The number of para-hydroxylation sites is 1. The van der Waals surface area contributed by atoms with Crippen LogP contribution in [-0.4, -0.2) is 56.6 Å². The zero-order chi connectivity index (χ0) is 29.2. The molecule has 2 amide bonds. The van der Waals surface area contributed by atoms with Gasteiger partial charge in [0.2, 0.25) is 21.8 Å². The fourth-order valence-electron chi connectivity index (χ4n) is 5.06. The summed E-state index contributed by atoms with van der Waals surface area (Å²) in [6, 6.07) is 24.9. The van der Waals surface area contributed by atoms with Crippen LogP contribution in [0.5, 0.6) is 11.5 Å². The summed E-state index contributed by atoms with van der Waals surface area (Å²) >= 11 is 0. The fourth-order valence-corrected chi connectivity index (χ4v) is 5.91. The summed E-state index contributed by atoms with van der Waals surface area (Å²) in [5.41, 5.74) is 1.36. The van der Waals surface area contributed by atoms with Crippen LogP contribution in [0.4, 0.5) is 5.69 Å². The van der Waals surface area contributed by atoms with E-state index in [1.54, 1.807) is 31.2 Å². The molecule has 0 unspecified atom stereocenters. The van der Waals surface area contributed by atoms with Gasteiger partial charge in [-0.05, 0) is 68.1 Å². The number of nitrogens with one attached hydrogen (secondary N) is 1. The van der Waals surface area contributed by atoms with Crippen LogP contribution in [-0.2, 0) is 26.0 Å². The maximum atomic E-state index is 13.8. The van der Waals surface area contributed by atoms with Crippen molar-refractivity contribution < 1.29 is 22.7 Å². The SMILES string of the molecule is C[C@@H](C(=O)NC1CCCCC1)N(CCc1ccccc1)C(=O)CN(c1ccc(Oc2ccccc2)cc1)S(C)(=O)=O. The fraction of sp³-hybridized carbons (Fsp3) is 0.375. The van der Waals surface area contributed by atoms with Crippen LogP contribution in [0.1, 0.15) is 44.6 Å². The molecule has 1 aliphatic rings. The molecule has 0 aromatic heterocycles. The summed E-state index contributed by atoms with van der Waals surface area (Å²) < 4.78 is 32.6. The predicted molar refractivity (Wildman–Crippen MR) is 161 cm³/mol. The number of sulfonamides is 1. The van der Waals surface area contributed by atoms with E-state index < -0.39 is 28.5 Å². The quantitative estimate of drug-likeness (QED) is 0.321. The van der Waals surface area contributed by atoms with Crippen molar-refractivity contribution in [2.45, 2.75) is 57.5 Å². The van der Waals surface area contributed by atoms with Crippen molar-refractivity contribution in [2.75, 3.05) is 23.7 Å². The van der Waals surface area contributed by atoms with Gasteiger partial charge >= 0.3 is 0 Å². The van der Waals surface area contributed by atoms with Crippen LogP contribution >= 0.6 is 0 Å². The average Bonchev–Trinajstić information content (AvgIpc) is 2.97. The lowest BCUT2D eigenvalue weighted by Crippen LogP contribution is -2.53. The van der Waals surface area contributed by atoms with Gasteiger partial charge < -0.3 is 15.0 Å². The normalized spacial score (nSPS) is 14.6. The molecule has 0 saturated heterocycles. The number of rotatable bonds is 12. The molecular weight excluding hydrogens is 538 g/mol. The number of nitrogens with zero attached hydrogens (tertiary/aromatic N) is 2. The number of amides is 2. The second-order valence-corrected chi connectivity index (χ2v) is 12.4. The molecule has 9 heteroatoms. The highest BCUT2D eigenvalue weighted by atomic mass is 32.2. The van der Waals surface area contributed by atoms with E-state index in [1.807, 2.05) is 60.7 Å². The minimum Gasteiger partial charge on any atom is -0.457 e. The van der Waals surface area contributed by atoms with Crippen LogP contribution in [0.25, 0.3) is 0 Å². The van der Waals surface area contributed by atoms with E-state index in [0.29, 0.717) is 23.6 Å². The Hall–Kier alpha value is -3.85. The molecule has 1 atom stereocenters. The maximum Gasteiger partial charge on any atom is 0.244 e. The Morgan fingerprint density at radius 2 is 1.46 bits per heavy atom. The van der Waals surface area contributed by atoms with Crippen LogP contribution < -0.4 is 14.4 Å². The lowest BCUT2D eigenvalue weighted by atomic mass is 9.95. The molecule has 1 N–H and O–H groups in total. The zero-order valence-electron chi connectivity index (χ0n) is 23.7. The van der Waals surface area contributed by atoms with Crippen LogP contribution in [0.2, 0.25) is 0 Å². The Bertz CT molecular complexity index is 1380. The van der Waals surface area contributed by atoms with Crippen LogP contribution in [0, 0.1) is 0 Å². The van der Waals surface area contributed by atoms with Gasteiger partial charge in [0.15, 0.2) is 0 Å². The lowest BCUT2D eigenvalue weighted by Gasteiger charge is -2.33. The number of carbonyl (C=O) groups excluding carboxylic acids is 2. The Morgan fingerprint density at radius 1 is 0.878 bits per heavy atom. The van der Waals surface area contributed by atoms with Gasteiger partial charge in [0.05, 0.1) is 11.9 Å². The van der Waals surface area contributed by atoms with Crippen molar-refractivity contribution in [3.8, 4) is 11.5 Å². The minimum atomic E-state index is -3.81. The van der Waals surface area contributed by atoms with E-state index in [1.165, 1.54) is 11.3 Å². The van der Waals surface area contributed by atoms with Gasteiger partial charge in [0, 0.05) is 12.6 Å². The van der Waals surface area contributed by atoms with E-state index in [-0.39, 0.29) is 18.5 Å². The molecule has 3 aromatic carbocycles. The topological polar surface area (TPSA) is 96.0 Å². The number of ether oxygens (including phenoxy) is 1. The largest absolute Gasteiger partial charge is 0.457 e. The Balaban J connectivity index is 1.51. The summed E-state index contributed by atoms with van der Waals surface area (Å²) in [6.07, 6.45) is 6.80. The summed E-state index contributed by atoms with van der Waals surface area (Å²) in [5.74, 6) is 0.538. The molecule has 0 radical (unpaired) electrons. The Kier molecular flexibility index (Phi) is 10.4. The summed E-state index contributed by atoms with van der Waals surface area (Å²) in [4.78, 5) is 28.5. The van der Waals surface area contributed by atoms with E-state index in [9.17, 15) is 18.0 Å². The molecular formula is C32H39N3O5S. The third-order valence-corrected chi connectivity index (χ3v) is 8.53. The Morgan fingerprint density at radius 3 is 2.07 bits per heavy atom. The number of benzene rings is 3. The van der Waals surface area contributed by atoms with Crippen LogP contribution in [0.15, 0.2) is 84.9 Å². The minimum absolute atomic E-state index is 0.105. The molecule has 1 saturated carbocycles. The highest BCUT2D eigenvalue weighted by Gasteiger charge is 2.31. The molecule has 1 aliphatic carbocycles. The average molecular weight is 578 g/mol. The van der Waals surface area contributed by atoms with E-state index in [4.69, 9.17) is 4.74 Å². The maximum absolute atomic E-state index is 13.8. The van der Waals surface area contributed by atoms with Gasteiger partial charge in [-0.2, -0.15) is 0 Å². The van der Waals surface area contributed by atoms with Gasteiger partial charge in [-0.15, -0.1) is 0 Å². The number of carbonyl (C=O) groups is 2. The number of hydrogen-bond acceptors (Lipinski definition) is 5. The molecule has 4 rings (SSSR count). The molecule has 41 heavy (non-hydrogen) atoms. The molecule has 8 nitrogen and oxygen atoms in total. The first-order valence-electron chi connectivity index (χ1n) is 14.1. The smallest absolute Gasteiger partial charge is 0.244 e. The van der Waals surface area contributed by atoms with Crippen molar-refractivity contribution in [1.29, 1.82) is 0 Å². The monoisotopic (exact) mass is 577 g/mol. The van der Waals surface area contributed by atoms with Crippen molar-refractivity contribution in [1.82, 2.24) is 10.2 Å². The van der Waals surface area contributed by atoms with Crippen molar-refractivity contribution in [2.24, 2.45) is 0 Å². The second-order valence-electron chi connectivity index (χ2n) is 10.5. The lowest BCUT2D eigenvalue weighted by molar-refractivity contribution is -0.139. The summed E-state index contributed by atoms with van der Waals surface area (Å²) in [7, 11) is -3.81. The van der Waals surface area contributed by atoms with Gasteiger partial charge in [-0.1, -0.05) is 67.8 Å². The molecule has 0 bridgehead atoms. The first kappa shape index (κ1) is 30.1. The van der Waals surface area contributed by atoms with Crippen molar-refractivity contribution in [3.63, 3.8) is 0 Å². The van der Waals surface area contributed by atoms with Gasteiger partial charge in [0.1, 0.15) is 24.1 Å². The standard InChI is InChI=1S/C32H39N3O5S/c1-25(32(37)33-27-14-8-4-9-15-27)34(23-22-26-12-6-3-7-13-26)31(36)24-35(41(2,38)39)28-18-20-30(21-19-28)40-29-16-10-5-11-17-29/h3,5-7,10-13,16-21,25,27H,4,8-9,14-15,22-24H2,1-2H3,(H,33,37)/t25-/m0/s1. The summed E-state index contributed by atoms with van der Waals surface area (Å²) in [5, 5.41) is 3.11. The van der Waals surface area contributed by atoms with E-state index in [0.717, 1.165) is 41.8 Å². The molecule has 0 heterocycles. The first-order chi connectivity index (χ1) is 19.7. The number of hydrogen-bond donors (Lipinski definition) is 1. The highest BCUT2D eigenvalue weighted by Crippen LogP contribution is 2.26. The highest BCUT2D eigenvalue weighted by molar-refractivity contribution is 7.92. The summed E-state index contributed by atoms with van der Waals surface area (Å²) in [6.45, 7) is 1.57. The molecule has 218 valence electrons. The van der Waals surface area contributed by atoms with E-state index >= 15 is 0 Å². The van der Waals surface area contributed by atoms with Crippen molar-refractivity contribution in [3.05, 3.63) is 90.5 Å². The second kappa shape index (κ2) is 14.2. The van der Waals surface area contributed by atoms with Crippen LogP contribution in [0.3, 0.4) is 0 Å². The predicted octanol–water partition coefficient (Wildman–Crippen LogP) is 5.15. The molecule has 0 aliphatic heterocycles. The molecule has 1 fully saturated rings. The third kappa shape index (κ3) is 8.82. The first-order valence-corrected chi connectivity index (χ1v) is 16.0. The Labute approximate surface area is 243 Å². The zero-order valence-corrected chi connectivity index (χ0v) is 24.6. The molecule has 3 aromatic rings.